The zero-order valence-corrected chi connectivity index (χ0v) is 11.7. The fourth-order valence-electron chi connectivity index (χ4n) is 2.02. The van der Waals surface area contributed by atoms with Gasteiger partial charge in [0.05, 0.1) is 17.8 Å². The van der Waals surface area contributed by atoms with E-state index in [0.29, 0.717) is 23.5 Å². The number of aryl methyl sites for hydroxylation is 1. The summed E-state index contributed by atoms with van der Waals surface area (Å²) in [5, 5.41) is 0. The van der Waals surface area contributed by atoms with Gasteiger partial charge in [-0.3, -0.25) is 0 Å². The Morgan fingerprint density at radius 1 is 1.47 bits per heavy atom. The molecule has 1 aliphatic heterocycles. The number of fused-ring (bicyclic) bond motifs is 1. The van der Waals surface area contributed by atoms with E-state index in [1.807, 2.05) is 0 Å². The third-order valence-electron chi connectivity index (χ3n) is 3.18. The minimum Gasteiger partial charge on any atom is -0.478 e. The first-order valence-electron chi connectivity index (χ1n) is 6.08. The van der Waals surface area contributed by atoms with E-state index in [2.05, 4.69) is 4.74 Å². The highest BCUT2D eigenvalue weighted by Crippen LogP contribution is 2.30. The summed E-state index contributed by atoms with van der Waals surface area (Å²) in [6.07, 6.45) is 0.489. The largest absolute Gasteiger partial charge is 0.478 e. The van der Waals surface area contributed by atoms with Crippen LogP contribution < -0.4 is 4.74 Å². The molecule has 0 saturated heterocycles. The van der Waals surface area contributed by atoms with Gasteiger partial charge in [0, 0.05) is 0 Å². The molecule has 104 valence electrons. The second kappa shape index (κ2) is 5.21. The number of carbonyl (C=O) groups excluding carboxylic acids is 1. The van der Waals surface area contributed by atoms with Crippen LogP contribution in [-0.2, 0) is 25.8 Å². The summed E-state index contributed by atoms with van der Waals surface area (Å²) < 4.78 is 33.7. The van der Waals surface area contributed by atoms with Gasteiger partial charge in [0.25, 0.3) is 0 Å². The van der Waals surface area contributed by atoms with Crippen molar-refractivity contribution in [2.24, 2.45) is 0 Å². The molecule has 1 aliphatic rings. The molecular formula is C13H16O5S. The van der Waals surface area contributed by atoms with Gasteiger partial charge in [0.2, 0.25) is 0 Å². The summed E-state index contributed by atoms with van der Waals surface area (Å²) >= 11 is 0. The van der Waals surface area contributed by atoms with Crippen LogP contribution in [-0.4, -0.2) is 33.4 Å². The maximum absolute atomic E-state index is 11.8. The van der Waals surface area contributed by atoms with E-state index in [4.69, 9.17) is 4.74 Å². The smallest absolute Gasteiger partial charge is 0.347 e. The average molecular weight is 284 g/mol. The summed E-state index contributed by atoms with van der Waals surface area (Å²) in [7, 11) is -1.90. The van der Waals surface area contributed by atoms with E-state index in [1.165, 1.54) is 13.2 Å². The van der Waals surface area contributed by atoms with Crippen molar-refractivity contribution in [1.29, 1.82) is 0 Å². The van der Waals surface area contributed by atoms with Crippen molar-refractivity contribution in [2.45, 2.75) is 30.8 Å². The van der Waals surface area contributed by atoms with Crippen molar-refractivity contribution < 1.29 is 22.7 Å². The molecule has 1 aromatic rings. The zero-order valence-electron chi connectivity index (χ0n) is 10.9. The molecule has 5 nitrogen and oxygen atoms in total. The van der Waals surface area contributed by atoms with Gasteiger partial charge in [-0.05, 0) is 36.6 Å². The molecule has 0 aromatic heterocycles. The fraction of sp³-hybridized carbons (Fsp3) is 0.462. The monoisotopic (exact) mass is 284 g/mol. The zero-order chi connectivity index (χ0) is 14.0. The summed E-state index contributed by atoms with van der Waals surface area (Å²) in [6.45, 7) is 1.61. The first-order chi connectivity index (χ1) is 8.97. The number of sulfone groups is 1. The van der Waals surface area contributed by atoms with Crippen molar-refractivity contribution in [1.82, 2.24) is 0 Å². The van der Waals surface area contributed by atoms with Crippen LogP contribution in [0.1, 0.15) is 18.9 Å². The molecule has 1 aromatic carbocycles. The predicted molar refractivity (Wildman–Crippen MR) is 68.9 cm³/mol. The van der Waals surface area contributed by atoms with Gasteiger partial charge in [-0.25, -0.2) is 13.2 Å². The summed E-state index contributed by atoms with van der Waals surface area (Å²) in [4.78, 5) is 11.7. The van der Waals surface area contributed by atoms with Crippen LogP contribution in [0, 0.1) is 0 Å². The van der Waals surface area contributed by atoms with Crippen molar-refractivity contribution in [3.05, 3.63) is 23.8 Å². The molecule has 2 rings (SSSR count). The summed E-state index contributed by atoms with van der Waals surface area (Å²) in [5.41, 5.74) is 0.815. The van der Waals surface area contributed by atoms with Crippen molar-refractivity contribution in [3.63, 3.8) is 0 Å². The maximum Gasteiger partial charge on any atom is 0.347 e. The SMILES string of the molecule is CCS(=O)(=O)c1ccc2c(c1)CCC(C(=O)OC)O2. The van der Waals surface area contributed by atoms with Gasteiger partial charge >= 0.3 is 5.97 Å². The van der Waals surface area contributed by atoms with E-state index in [1.54, 1.807) is 19.1 Å². The van der Waals surface area contributed by atoms with Crippen LogP contribution in [0.15, 0.2) is 23.1 Å². The minimum atomic E-state index is -3.21. The lowest BCUT2D eigenvalue weighted by atomic mass is 10.0. The van der Waals surface area contributed by atoms with Gasteiger partial charge in [-0.15, -0.1) is 0 Å². The lowest BCUT2D eigenvalue weighted by Crippen LogP contribution is -2.32. The number of hydrogen-bond donors (Lipinski definition) is 0. The Bertz CT molecular complexity index is 591. The van der Waals surface area contributed by atoms with Crippen LogP contribution in [0.25, 0.3) is 0 Å². The number of hydrogen-bond acceptors (Lipinski definition) is 5. The van der Waals surface area contributed by atoms with Crippen molar-refractivity contribution >= 4 is 15.8 Å². The molecule has 1 unspecified atom stereocenters. The Balaban J connectivity index is 2.29. The van der Waals surface area contributed by atoms with E-state index in [-0.39, 0.29) is 5.75 Å². The van der Waals surface area contributed by atoms with Crippen LogP contribution in [0.5, 0.6) is 5.75 Å². The first kappa shape index (κ1) is 13.9. The number of esters is 1. The summed E-state index contributed by atoms with van der Waals surface area (Å²) in [6, 6.07) is 4.74. The van der Waals surface area contributed by atoms with Crippen molar-refractivity contribution in [3.8, 4) is 5.75 Å². The molecular weight excluding hydrogens is 268 g/mol. The Kier molecular flexibility index (Phi) is 3.80. The molecule has 0 N–H and O–H groups in total. The Morgan fingerprint density at radius 3 is 2.84 bits per heavy atom. The van der Waals surface area contributed by atoms with Gasteiger partial charge in [0.15, 0.2) is 15.9 Å². The Morgan fingerprint density at radius 2 is 2.21 bits per heavy atom. The third kappa shape index (κ3) is 2.73. The molecule has 0 spiro atoms. The number of ether oxygens (including phenoxy) is 2. The standard InChI is InChI=1S/C13H16O5S/c1-3-19(15,16)10-5-7-11-9(8-10)4-6-12(18-11)13(14)17-2/h5,7-8,12H,3-4,6H2,1-2H3. The normalized spacial score (nSPS) is 18.3. The number of methoxy groups -OCH3 is 1. The van der Waals surface area contributed by atoms with Gasteiger partial charge < -0.3 is 9.47 Å². The molecule has 1 atom stereocenters. The van der Waals surface area contributed by atoms with E-state index >= 15 is 0 Å². The van der Waals surface area contributed by atoms with Gasteiger partial charge in [0.1, 0.15) is 5.75 Å². The number of benzene rings is 1. The highest BCUT2D eigenvalue weighted by molar-refractivity contribution is 7.91. The minimum absolute atomic E-state index is 0.0669. The summed E-state index contributed by atoms with van der Waals surface area (Å²) in [5.74, 6) is 0.213. The topological polar surface area (TPSA) is 69.7 Å². The molecule has 1 heterocycles. The Hall–Kier alpha value is -1.56. The van der Waals surface area contributed by atoms with Gasteiger partial charge in [-0.1, -0.05) is 6.92 Å². The number of carbonyl (C=O) groups is 1. The van der Waals surface area contributed by atoms with Crippen LogP contribution in [0.2, 0.25) is 0 Å². The molecule has 0 saturated carbocycles. The highest BCUT2D eigenvalue weighted by atomic mass is 32.2. The number of rotatable bonds is 3. The quantitative estimate of drug-likeness (QED) is 0.784. The lowest BCUT2D eigenvalue weighted by Gasteiger charge is -2.24. The van der Waals surface area contributed by atoms with Gasteiger partial charge in [-0.2, -0.15) is 0 Å². The van der Waals surface area contributed by atoms with E-state index < -0.39 is 21.9 Å². The third-order valence-corrected chi connectivity index (χ3v) is 4.91. The van der Waals surface area contributed by atoms with Crippen molar-refractivity contribution in [2.75, 3.05) is 12.9 Å². The first-order valence-corrected chi connectivity index (χ1v) is 7.73. The van der Waals surface area contributed by atoms with Crippen LogP contribution in [0.4, 0.5) is 0 Å². The molecule has 0 bridgehead atoms. The maximum atomic E-state index is 11.8. The van der Waals surface area contributed by atoms with Crippen LogP contribution in [0.3, 0.4) is 0 Å². The molecule has 0 amide bonds. The van der Waals surface area contributed by atoms with E-state index in [0.717, 1.165) is 5.56 Å². The molecule has 0 fully saturated rings. The second-order valence-corrected chi connectivity index (χ2v) is 6.62. The Labute approximate surface area is 112 Å². The molecule has 0 radical (unpaired) electrons. The molecule has 6 heteroatoms. The highest BCUT2D eigenvalue weighted by Gasteiger charge is 2.27. The van der Waals surface area contributed by atoms with E-state index in [9.17, 15) is 13.2 Å². The average Bonchev–Trinajstić information content (AvgIpc) is 2.45. The van der Waals surface area contributed by atoms with Crippen LogP contribution >= 0.6 is 0 Å². The second-order valence-electron chi connectivity index (χ2n) is 4.34. The molecule has 0 aliphatic carbocycles. The predicted octanol–water partition coefficient (Wildman–Crippen LogP) is 1.35. The lowest BCUT2D eigenvalue weighted by molar-refractivity contribution is -0.149. The molecule has 19 heavy (non-hydrogen) atoms. The fourth-order valence-corrected chi connectivity index (χ4v) is 2.95.